The van der Waals surface area contributed by atoms with Crippen LogP contribution in [0.15, 0.2) is 30.3 Å². The van der Waals surface area contributed by atoms with Gasteiger partial charge in [0.25, 0.3) is 0 Å². The van der Waals surface area contributed by atoms with Crippen LogP contribution in [0.25, 0.3) is 0 Å². The molecule has 1 aromatic rings. The molecule has 1 saturated heterocycles. The van der Waals surface area contributed by atoms with Crippen LogP contribution >= 0.6 is 0 Å². The molecule has 5 atom stereocenters. The Kier molecular flexibility index (Phi) is 3.63. The van der Waals surface area contributed by atoms with E-state index in [1.54, 1.807) is 4.90 Å². The first-order valence-electron chi connectivity index (χ1n) is 8.76. The van der Waals surface area contributed by atoms with E-state index < -0.39 is 12.0 Å². The highest BCUT2D eigenvalue weighted by atomic mass is 16.4. The summed E-state index contributed by atoms with van der Waals surface area (Å²) in [5, 5.41) is 9.57. The smallest absolute Gasteiger partial charge is 0.326 e. The number of rotatable bonds is 3. The van der Waals surface area contributed by atoms with Gasteiger partial charge in [0.15, 0.2) is 0 Å². The number of amides is 1. The third-order valence-electron chi connectivity index (χ3n) is 5.96. The van der Waals surface area contributed by atoms with E-state index in [1.165, 1.54) is 12.0 Å². The Morgan fingerprint density at radius 1 is 1.04 bits per heavy atom. The van der Waals surface area contributed by atoms with Crippen LogP contribution in [0.4, 0.5) is 0 Å². The molecular formula is C19H23NO3. The molecule has 0 bridgehead atoms. The largest absolute Gasteiger partial charge is 0.480 e. The fourth-order valence-corrected chi connectivity index (χ4v) is 4.73. The summed E-state index contributed by atoms with van der Waals surface area (Å²) in [5.41, 5.74) is 1.21. The molecule has 3 fully saturated rings. The maximum Gasteiger partial charge on any atom is 0.326 e. The summed E-state index contributed by atoms with van der Waals surface area (Å²) in [6.45, 7) is 0. The Balaban J connectivity index is 1.53. The number of benzene rings is 1. The van der Waals surface area contributed by atoms with E-state index in [9.17, 15) is 14.7 Å². The first-order chi connectivity index (χ1) is 11.2. The fraction of sp³-hybridized carbons (Fsp3) is 0.579. The summed E-state index contributed by atoms with van der Waals surface area (Å²) in [6, 6.07) is 9.68. The summed E-state index contributed by atoms with van der Waals surface area (Å²) >= 11 is 0. The fourth-order valence-electron chi connectivity index (χ4n) is 4.73. The van der Waals surface area contributed by atoms with Gasteiger partial charge in [-0.2, -0.15) is 0 Å². The molecule has 2 saturated carbocycles. The minimum absolute atomic E-state index is 0.0140. The molecule has 4 heteroatoms. The van der Waals surface area contributed by atoms with Crippen LogP contribution in [0, 0.1) is 11.8 Å². The molecule has 1 aromatic carbocycles. The highest BCUT2D eigenvalue weighted by Gasteiger charge is 2.53. The molecule has 2 aliphatic carbocycles. The van der Waals surface area contributed by atoms with Gasteiger partial charge in [-0.15, -0.1) is 0 Å². The maximum atomic E-state index is 13.0. The van der Waals surface area contributed by atoms with Crippen molar-refractivity contribution in [3.05, 3.63) is 35.9 Å². The minimum Gasteiger partial charge on any atom is -0.480 e. The van der Waals surface area contributed by atoms with E-state index in [1.807, 2.05) is 18.2 Å². The van der Waals surface area contributed by atoms with E-state index in [2.05, 4.69) is 12.1 Å². The van der Waals surface area contributed by atoms with Gasteiger partial charge >= 0.3 is 5.97 Å². The SMILES string of the molecule is O=C(O)[C@@H]1C[C@@H]2CCCC[C@@H]2N1C(=O)C1C[C@H]1c1ccccc1. The van der Waals surface area contributed by atoms with Crippen LogP contribution in [-0.2, 0) is 9.59 Å². The Labute approximate surface area is 136 Å². The average molecular weight is 313 g/mol. The zero-order valence-electron chi connectivity index (χ0n) is 13.2. The molecule has 1 aliphatic heterocycles. The summed E-state index contributed by atoms with van der Waals surface area (Å²) in [7, 11) is 0. The lowest BCUT2D eigenvalue weighted by molar-refractivity contribution is -0.150. The van der Waals surface area contributed by atoms with Crippen molar-refractivity contribution in [3.63, 3.8) is 0 Å². The van der Waals surface area contributed by atoms with Crippen molar-refractivity contribution >= 4 is 11.9 Å². The van der Waals surface area contributed by atoms with Crippen LogP contribution in [0.3, 0.4) is 0 Å². The third kappa shape index (κ3) is 2.54. The predicted octanol–water partition coefficient (Wildman–Crippen LogP) is 3.03. The van der Waals surface area contributed by atoms with E-state index in [0.29, 0.717) is 12.3 Å². The lowest BCUT2D eigenvalue weighted by atomic mass is 9.84. The summed E-state index contributed by atoms with van der Waals surface area (Å²) < 4.78 is 0. The van der Waals surface area contributed by atoms with Gasteiger partial charge in [-0.3, -0.25) is 4.79 Å². The summed E-state index contributed by atoms with van der Waals surface area (Å²) in [5.74, 6) is -0.0891. The molecule has 0 spiro atoms. The molecule has 4 nitrogen and oxygen atoms in total. The van der Waals surface area contributed by atoms with Crippen molar-refractivity contribution in [2.75, 3.05) is 0 Å². The second-order valence-electron chi connectivity index (χ2n) is 7.31. The molecule has 0 aromatic heterocycles. The Hall–Kier alpha value is -1.84. The van der Waals surface area contributed by atoms with E-state index in [4.69, 9.17) is 0 Å². The molecule has 1 heterocycles. The second kappa shape index (κ2) is 5.66. The van der Waals surface area contributed by atoms with Crippen LogP contribution in [0.2, 0.25) is 0 Å². The molecule has 1 amide bonds. The van der Waals surface area contributed by atoms with Crippen molar-refractivity contribution in [1.29, 1.82) is 0 Å². The van der Waals surface area contributed by atoms with E-state index in [-0.39, 0.29) is 23.8 Å². The van der Waals surface area contributed by atoms with Crippen LogP contribution in [0.1, 0.15) is 50.0 Å². The molecular weight excluding hydrogens is 290 g/mol. The van der Waals surface area contributed by atoms with Gasteiger partial charge in [0.1, 0.15) is 6.04 Å². The van der Waals surface area contributed by atoms with Gasteiger partial charge in [0.05, 0.1) is 0 Å². The molecule has 1 unspecified atom stereocenters. The molecule has 1 N–H and O–H groups in total. The Bertz CT molecular complexity index is 614. The lowest BCUT2D eigenvalue weighted by Crippen LogP contribution is -2.47. The number of likely N-dealkylation sites (tertiary alicyclic amines) is 1. The number of carboxylic acids is 1. The van der Waals surface area contributed by atoms with Crippen LogP contribution in [-0.4, -0.2) is 34.0 Å². The number of fused-ring (bicyclic) bond motifs is 1. The van der Waals surface area contributed by atoms with Gasteiger partial charge < -0.3 is 10.0 Å². The molecule has 122 valence electrons. The van der Waals surface area contributed by atoms with Crippen LogP contribution in [0.5, 0.6) is 0 Å². The molecule has 0 radical (unpaired) electrons. The topological polar surface area (TPSA) is 57.6 Å². The number of hydrogen-bond donors (Lipinski definition) is 1. The first-order valence-corrected chi connectivity index (χ1v) is 8.76. The molecule has 23 heavy (non-hydrogen) atoms. The maximum absolute atomic E-state index is 13.0. The number of aliphatic carboxylic acids is 1. The predicted molar refractivity (Wildman–Crippen MR) is 85.9 cm³/mol. The zero-order chi connectivity index (χ0) is 16.0. The van der Waals surface area contributed by atoms with Crippen molar-refractivity contribution < 1.29 is 14.7 Å². The number of carbonyl (C=O) groups excluding carboxylic acids is 1. The van der Waals surface area contributed by atoms with Gasteiger partial charge in [0.2, 0.25) is 5.91 Å². The quantitative estimate of drug-likeness (QED) is 0.933. The standard InChI is InChI=1S/C19H23NO3/c21-18(15-11-14(15)12-6-2-1-3-7-12)20-16-9-5-4-8-13(16)10-17(20)19(22)23/h1-3,6-7,13-17H,4-5,8-11H2,(H,22,23)/t13-,14-,15?,16-,17-/m0/s1. The second-order valence-corrected chi connectivity index (χ2v) is 7.31. The Morgan fingerprint density at radius 2 is 1.78 bits per heavy atom. The van der Waals surface area contributed by atoms with Gasteiger partial charge in [0, 0.05) is 12.0 Å². The third-order valence-corrected chi connectivity index (χ3v) is 5.96. The van der Waals surface area contributed by atoms with E-state index >= 15 is 0 Å². The highest BCUT2D eigenvalue weighted by molar-refractivity contribution is 5.88. The average Bonchev–Trinajstić information content (AvgIpc) is 3.28. The Morgan fingerprint density at radius 3 is 2.52 bits per heavy atom. The number of carboxylic acid groups (broad SMARTS) is 1. The van der Waals surface area contributed by atoms with E-state index in [0.717, 1.165) is 25.7 Å². The van der Waals surface area contributed by atoms with Crippen molar-refractivity contribution in [3.8, 4) is 0 Å². The monoisotopic (exact) mass is 313 g/mol. The summed E-state index contributed by atoms with van der Waals surface area (Å²) in [4.78, 5) is 26.4. The number of carbonyl (C=O) groups is 2. The number of nitrogens with zero attached hydrogens (tertiary/aromatic N) is 1. The minimum atomic E-state index is -0.829. The zero-order valence-corrected chi connectivity index (χ0v) is 13.2. The van der Waals surface area contributed by atoms with Gasteiger partial charge in [-0.1, -0.05) is 43.2 Å². The van der Waals surface area contributed by atoms with Gasteiger partial charge in [-0.25, -0.2) is 4.79 Å². The van der Waals surface area contributed by atoms with Crippen molar-refractivity contribution in [2.24, 2.45) is 11.8 Å². The first kappa shape index (κ1) is 14.7. The summed E-state index contributed by atoms with van der Waals surface area (Å²) in [6.07, 6.45) is 5.85. The lowest BCUT2D eigenvalue weighted by Gasteiger charge is -2.33. The van der Waals surface area contributed by atoms with Gasteiger partial charge in [-0.05, 0) is 43.1 Å². The molecule has 3 aliphatic rings. The van der Waals surface area contributed by atoms with Crippen LogP contribution < -0.4 is 0 Å². The van der Waals surface area contributed by atoms with Crippen molar-refractivity contribution in [1.82, 2.24) is 4.90 Å². The normalized spacial score (nSPS) is 35.7. The number of hydrogen-bond acceptors (Lipinski definition) is 2. The highest BCUT2D eigenvalue weighted by Crippen LogP contribution is 2.51. The van der Waals surface area contributed by atoms with Crippen molar-refractivity contribution in [2.45, 2.75) is 56.5 Å². The molecule has 4 rings (SSSR count).